The lowest BCUT2D eigenvalue weighted by Gasteiger charge is -2.35. The number of nitrogens with zero attached hydrogens (tertiary/aromatic N) is 2. The van der Waals surface area contributed by atoms with Crippen LogP contribution in [0.5, 0.6) is 0 Å². The Hall–Kier alpha value is -1.54. The van der Waals surface area contributed by atoms with Gasteiger partial charge in [-0.05, 0) is 37.8 Å². The summed E-state index contributed by atoms with van der Waals surface area (Å²) in [5.41, 5.74) is 0. The molecule has 8 heteroatoms. The highest BCUT2D eigenvalue weighted by Crippen LogP contribution is 2.22. The highest BCUT2D eigenvalue weighted by Gasteiger charge is 2.33. The predicted molar refractivity (Wildman–Crippen MR) is 103 cm³/mol. The molecule has 1 aliphatic carbocycles. The zero-order valence-electron chi connectivity index (χ0n) is 15.5. The third-order valence-electron chi connectivity index (χ3n) is 5.25. The molecule has 2 aliphatic rings. The van der Waals surface area contributed by atoms with Crippen LogP contribution in [0, 0.1) is 0 Å². The maximum atomic E-state index is 12.8. The maximum absolute atomic E-state index is 12.8. The monoisotopic (exact) mass is 382 g/mol. The van der Waals surface area contributed by atoms with E-state index in [9.17, 15) is 8.42 Å². The topological polar surface area (TPSA) is 86.9 Å². The molecule has 1 atom stereocenters. The van der Waals surface area contributed by atoms with Crippen molar-refractivity contribution in [3.05, 3.63) is 24.2 Å². The lowest BCUT2D eigenvalue weighted by atomic mass is 10.1. The first-order chi connectivity index (χ1) is 12.6. The first-order valence-corrected chi connectivity index (χ1v) is 11.1. The Kier molecular flexibility index (Phi) is 6.58. The van der Waals surface area contributed by atoms with Crippen LogP contribution in [0.4, 0.5) is 0 Å². The first kappa shape index (κ1) is 19.2. The van der Waals surface area contributed by atoms with Gasteiger partial charge in [0.05, 0.1) is 11.5 Å². The molecule has 3 rings (SSSR count). The van der Waals surface area contributed by atoms with E-state index in [1.807, 2.05) is 12.1 Å². The smallest absolute Gasteiger partial charge is 0.216 e. The van der Waals surface area contributed by atoms with Crippen molar-refractivity contribution in [1.29, 1.82) is 0 Å². The molecule has 1 saturated heterocycles. The van der Waals surface area contributed by atoms with Crippen LogP contribution in [0.2, 0.25) is 0 Å². The van der Waals surface area contributed by atoms with E-state index < -0.39 is 10.0 Å². The molecule has 2 heterocycles. The molecule has 146 valence electrons. The number of rotatable bonds is 6. The van der Waals surface area contributed by atoms with Gasteiger partial charge in [-0.1, -0.05) is 12.8 Å². The van der Waals surface area contributed by atoms with Crippen molar-refractivity contribution in [2.24, 2.45) is 4.99 Å². The summed E-state index contributed by atoms with van der Waals surface area (Å²) in [4.78, 5) is 6.40. The van der Waals surface area contributed by atoms with E-state index in [1.165, 1.54) is 0 Å². The highest BCUT2D eigenvalue weighted by atomic mass is 32.2. The SMILES string of the molecule is CN=C(NCCc1ccco1)N1CCCC(S(=O)(=O)NC2CCCC2)C1. The number of piperidine rings is 1. The number of likely N-dealkylation sites (tertiary alicyclic amines) is 1. The molecule has 2 N–H and O–H groups in total. The molecule has 1 aromatic heterocycles. The molecular weight excluding hydrogens is 352 g/mol. The Labute approximate surface area is 156 Å². The number of aliphatic imine (C=N–C) groups is 1. The van der Waals surface area contributed by atoms with Gasteiger partial charge in [0.15, 0.2) is 5.96 Å². The van der Waals surface area contributed by atoms with E-state index >= 15 is 0 Å². The number of hydrogen-bond acceptors (Lipinski definition) is 4. The fraction of sp³-hybridized carbons (Fsp3) is 0.722. The van der Waals surface area contributed by atoms with Crippen LogP contribution in [-0.4, -0.2) is 57.3 Å². The van der Waals surface area contributed by atoms with Gasteiger partial charge in [0, 0.05) is 39.1 Å². The Balaban J connectivity index is 1.53. The molecule has 1 aliphatic heterocycles. The van der Waals surface area contributed by atoms with Crippen molar-refractivity contribution in [3.8, 4) is 0 Å². The van der Waals surface area contributed by atoms with E-state index in [0.29, 0.717) is 19.5 Å². The van der Waals surface area contributed by atoms with Crippen molar-refractivity contribution in [1.82, 2.24) is 14.9 Å². The first-order valence-electron chi connectivity index (χ1n) is 9.57. The van der Waals surface area contributed by atoms with Gasteiger partial charge in [0.1, 0.15) is 5.76 Å². The van der Waals surface area contributed by atoms with Crippen LogP contribution in [0.3, 0.4) is 0 Å². The summed E-state index contributed by atoms with van der Waals surface area (Å²) in [5, 5.41) is 2.95. The average molecular weight is 383 g/mol. The van der Waals surface area contributed by atoms with E-state index in [2.05, 4.69) is 19.9 Å². The van der Waals surface area contributed by atoms with Crippen molar-refractivity contribution < 1.29 is 12.8 Å². The zero-order valence-corrected chi connectivity index (χ0v) is 16.3. The van der Waals surface area contributed by atoms with E-state index in [0.717, 1.165) is 56.8 Å². The summed E-state index contributed by atoms with van der Waals surface area (Å²) in [5.74, 6) is 1.69. The second-order valence-electron chi connectivity index (χ2n) is 7.16. The molecule has 0 amide bonds. The quantitative estimate of drug-likeness (QED) is 0.578. The molecule has 1 unspecified atom stereocenters. The highest BCUT2D eigenvalue weighted by molar-refractivity contribution is 7.90. The third kappa shape index (κ3) is 5.01. The fourth-order valence-corrected chi connectivity index (χ4v) is 5.59. The van der Waals surface area contributed by atoms with Crippen LogP contribution in [0.25, 0.3) is 0 Å². The summed E-state index contributed by atoms with van der Waals surface area (Å²) in [6.07, 6.45) is 8.17. The van der Waals surface area contributed by atoms with Gasteiger partial charge in [0.25, 0.3) is 0 Å². The normalized spacial score (nSPS) is 22.7. The van der Waals surface area contributed by atoms with Crippen molar-refractivity contribution in [3.63, 3.8) is 0 Å². The van der Waals surface area contributed by atoms with Gasteiger partial charge in [-0.25, -0.2) is 13.1 Å². The molecular formula is C18H30N4O3S. The minimum Gasteiger partial charge on any atom is -0.469 e. The predicted octanol–water partition coefficient (Wildman–Crippen LogP) is 1.72. The minimum atomic E-state index is -3.29. The van der Waals surface area contributed by atoms with E-state index in [1.54, 1.807) is 13.3 Å². The lowest BCUT2D eigenvalue weighted by molar-refractivity contribution is 0.329. The summed E-state index contributed by atoms with van der Waals surface area (Å²) in [6.45, 7) is 2.02. The van der Waals surface area contributed by atoms with Crippen LogP contribution >= 0.6 is 0 Å². The summed E-state index contributed by atoms with van der Waals surface area (Å²) in [6, 6.07) is 3.95. The van der Waals surface area contributed by atoms with Crippen LogP contribution in [-0.2, 0) is 16.4 Å². The maximum Gasteiger partial charge on any atom is 0.216 e. The molecule has 26 heavy (non-hydrogen) atoms. The van der Waals surface area contributed by atoms with E-state index in [-0.39, 0.29) is 11.3 Å². The number of hydrogen-bond donors (Lipinski definition) is 2. The second kappa shape index (κ2) is 8.90. The molecule has 1 saturated carbocycles. The molecule has 0 bridgehead atoms. The lowest BCUT2D eigenvalue weighted by Crippen LogP contribution is -2.53. The number of nitrogens with one attached hydrogen (secondary N) is 2. The number of sulfonamides is 1. The summed E-state index contributed by atoms with van der Waals surface area (Å²) < 4.78 is 33.8. The van der Waals surface area contributed by atoms with Crippen LogP contribution in [0.1, 0.15) is 44.3 Å². The van der Waals surface area contributed by atoms with Crippen molar-refractivity contribution >= 4 is 16.0 Å². The largest absolute Gasteiger partial charge is 0.469 e. The third-order valence-corrected chi connectivity index (χ3v) is 7.17. The molecule has 7 nitrogen and oxygen atoms in total. The Morgan fingerprint density at radius 3 is 2.81 bits per heavy atom. The Bertz CT molecular complexity index is 681. The molecule has 1 aromatic rings. The van der Waals surface area contributed by atoms with Crippen LogP contribution < -0.4 is 10.0 Å². The average Bonchev–Trinajstić information content (AvgIpc) is 3.32. The van der Waals surface area contributed by atoms with Gasteiger partial charge in [-0.2, -0.15) is 0 Å². The summed E-state index contributed by atoms with van der Waals surface area (Å²) >= 11 is 0. The summed E-state index contributed by atoms with van der Waals surface area (Å²) in [7, 11) is -1.55. The Morgan fingerprint density at radius 1 is 1.31 bits per heavy atom. The zero-order chi connectivity index (χ0) is 18.4. The van der Waals surface area contributed by atoms with Gasteiger partial charge in [-0.3, -0.25) is 4.99 Å². The van der Waals surface area contributed by atoms with Gasteiger partial charge in [-0.15, -0.1) is 0 Å². The molecule has 0 aromatic carbocycles. The van der Waals surface area contributed by atoms with Gasteiger partial charge in [0.2, 0.25) is 10.0 Å². The molecule has 0 spiro atoms. The van der Waals surface area contributed by atoms with E-state index in [4.69, 9.17) is 4.42 Å². The van der Waals surface area contributed by atoms with Gasteiger partial charge < -0.3 is 14.6 Å². The van der Waals surface area contributed by atoms with Crippen molar-refractivity contribution in [2.45, 2.75) is 56.2 Å². The fourth-order valence-electron chi connectivity index (χ4n) is 3.84. The number of furan rings is 1. The standard InChI is InChI=1S/C18H30N4O3S/c1-19-18(20-11-10-16-8-5-13-25-16)22-12-4-9-17(14-22)26(23,24)21-15-6-2-3-7-15/h5,8,13,15,17,21H,2-4,6-7,9-12,14H2,1H3,(H,19,20). The van der Waals surface area contributed by atoms with Crippen LogP contribution in [0.15, 0.2) is 27.8 Å². The number of guanidine groups is 1. The van der Waals surface area contributed by atoms with Crippen molar-refractivity contribution in [2.75, 3.05) is 26.7 Å². The molecule has 2 fully saturated rings. The van der Waals surface area contributed by atoms with Gasteiger partial charge >= 0.3 is 0 Å². The second-order valence-corrected chi connectivity index (χ2v) is 9.15. The molecule has 0 radical (unpaired) electrons. The Morgan fingerprint density at radius 2 is 2.12 bits per heavy atom. The minimum absolute atomic E-state index is 0.126.